The summed E-state index contributed by atoms with van der Waals surface area (Å²) in [7, 11) is 1.74. The van der Waals surface area contributed by atoms with Crippen molar-refractivity contribution < 1.29 is 15.3 Å². The van der Waals surface area contributed by atoms with Gasteiger partial charge in [-0.1, -0.05) is 0 Å². The molecule has 0 fully saturated rings. The van der Waals surface area contributed by atoms with Crippen LogP contribution in [-0.2, 0) is 6.42 Å². The van der Waals surface area contributed by atoms with Gasteiger partial charge in [0.1, 0.15) is 11.5 Å². The maximum absolute atomic E-state index is 9.45. The number of likely N-dealkylation sites (N-methyl/N-ethyl adjacent to an activating group) is 1. The summed E-state index contributed by atoms with van der Waals surface area (Å²) < 4.78 is 0. The minimum Gasteiger partial charge on any atom is -0.508 e. The molecule has 4 N–H and O–H groups in total. The second kappa shape index (κ2) is 6.66. The smallest absolute Gasteiger partial charge is 0.119 e. The summed E-state index contributed by atoms with van der Waals surface area (Å²) in [5, 5.41) is 30.5. The van der Waals surface area contributed by atoms with Crippen molar-refractivity contribution >= 4 is 17.0 Å². The van der Waals surface area contributed by atoms with Crippen LogP contribution in [0.1, 0.15) is 5.56 Å². The Bertz CT molecular complexity index is 303. The first-order valence-corrected chi connectivity index (χ1v) is 4.46. The zero-order chi connectivity index (χ0) is 10.6. The molecular weight excluding hydrogens is 262 g/mol. The van der Waals surface area contributed by atoms with E-state index in [0.29, 0.717) is 12.0 Å². The Morgan fingerprint density at radius 2 is 2.00 bits per heavy atom. The van der Waals surface area contributed by atoms with Gasteiger partial charge in [-0.2, -0.15) is 0 Å². The van der Waals surface area contributed by atoms with Crippen LogP contribution >= 0.6 is 17.0 Å². The molecule has 0 aliphatic rings. The van der Waals surface area contributed by atoms with Gasteiger partial charge in [-0.3, -0.25) is 0 Å². The number of benzene rings is 1. The van der Waals surface area contributed by atoms with Crippen LogP contribution in [-0.4, -0.2) is 35.0 Å². The first-order valence-electron chi connectivity index (χ1n) is 4.46. The van der Waals surface area contributed by atoms with Gasteiger partial charge in [-0.25, -0.2) is 0 Å². The minimum absolute atomic E-state index is 0. The molecule has 0 aliphatic carbocycles. The molecule has 15 heavy (non-hydrogen) atoms. The number of nitrogens with one attached hydrogen (secondary N) is 1. The van der Waals surface area contributed by atoms with E-state index in [2.05, 4.69) is 5.32 Å². The van der Waals surface area contributed by atoms with Crippen molar-refractivity contribution in [2.75, 3.05) is 13.7 Å². The third kappa shape index (κ3) is 4.07. The van der Waals surface area contributed by atoms with Gasteiger partial charge in [0.15, 0.2) is 0 Å². The Kier molecular flexibility index (Phi) is 6.31. The average Bonchev–Trinajstić information content (AvgIpc) is 2.19. The highest BCUT2D eigenvalue weighted by atomic mass is 79.9. The number of hydrogen-bond donors (Lipinski definition) is 4. The Hall–Kier alpha value is -0.780. The number of aromatic hydroxyl groups is 2. The van der Waals surface area contributed by atoms with E-state index >= 15 is 0 Å². The lowest BCUT2D eigenvalue weighted by Gasteiger charge is -2.13. The molecule has 0 radical (unpaired) electrons. The summed E-state index contributed by atoms with van der Waals surface area (Å²) in [5.41, 5.74) is 0.624. The van der Waals surface area contributed by atoms with Crippen molar-refractivity contribution in [2.45, 2.75) is 12.5 Å². The summed E-state index contributed by atoms with van der Waals surface area (Å²) >= 11 is 0. The van der Waals surface area contributed by atoms with E-state index in [-0.39, 0.29) is 41.1 Å². The van der Waals surface area contributed by atoms with Gasteiger partial charge in [-0.15, -0.1) is 17.0 Å². The SMILES string of the molecule is Br.CNC(CO)Cc1cc(O)ccc1O. The molecule has 1 unspecified atom stereocenters. The van der Waals surface area contributed by atoms with Crippen LogP contribution in [0.5, 0.6) is 11.5 Å². The Balaban J connectivity index is 0.00000196. The number of halogens is 1. The highest BCUT2D eigenvalue weighted by Crippen LogP contribution is 2.23. The van der Waals surface area contributed by atoms with Crippen LogP contribution in [0, 0.1) is 0 Å². The normalized spacial score (nSPS) is 11.9. The van der Waals surface area contributed by atoms with E-state index in [1.54, 1.807) is 7.05 Å². The lowest BCUT2D eigenvalue weighted by molar-refractivity contribution is 0.247. The molecule has 1 rings (SSSR count). The highest BCUT2D eigenvalue weighted by Gasteiger charge is 2.09. The van der Waals surface area contributed by atoms with E-state index in [1.165, 1.54) is 18.2 Å². The Morgan fingerprint density at radius 1 is 1.33 bits per heavy atom. The fourth-order valence-corrected chi connectivity index (χ4v) is 1.26. The summed E-state index contributed by atoms with van der Waals surface area (Å²) in [6.07, 6.45) is 0.479. The number of hydrogen-bond acceptors (Lipinski definition) is 4. The van der Waals surface area contributed by atoms with E-state index in [4.69, 9.17) is 5.11 Å². The Morgan fingerprint density at radius 3 is 2.53 bits per heavy atom. The molecule has 0 aliphatic heterocycles. The van der Waals surface area contributed by atoms with Crippen LogP contribution in [0.4, 0.5) is 0 Å². The van der Waals surface area contributed by atoms with Gasteiger partial charge < -0.3 is 20.6 Å². The molecule has 1 aromatic rings. The lowest BCUT2D eigenvalue weighted by Crippen LogP contribution is -2.31. The molecule has 5 heteroatoms. The van der Waals surface area contributed by atoms with E-state index in [0.717, 1.165) is 0 Å². The van der Waals surface area contributed by atoms with Crippen molar-refractivity contribution in [3.63, 3.8) is 0 Å². The van der Waals surface area contributed by atoms with Gasteiger partial charge >= 0.3 is 0 Å². The monoisotopic (exact) mass is 277 g/mol. The quantitative estimate of drug-likeness (QED) is 0.615. The van der Waals surface area contributed by atoms with E-state index in [9.17, 15) is 10.2 Å². The van der Waals surface area contributed by atoms with Gasteiger partial charge in [0.25, 0.3) is 0 Å². The largest absolute Gasteiger partial charge is 0.508 e. The van der Waals surface area contributed by atoms with Gasteiger partial charge in [-0.05, 0) is 37.2 Å². The molecule has 1 aromatic carbocycles. The number of aliphatic hydroxyl groups excluding tert-OH is 1. The summed E-state index contributed by atoms with van der Waals surface area (Å²) in [6.45, 7) is -0.00834. The molecule has 0 bridgehead atoms. The third-order valence-corrected chi connectivity index (χ3v) is 2.16. The lowest BCUT2D eigenvalue weighted by atomic mass is 10.1. The average molecular weight is 278 g/mol. The van der Waals surface area contributed by atoms with Crippen molar-refractivity contribution in [3.8, 4) is 11.5 Å². The first-order chi connectivity index (χ1) is 6.67. The second-order valence-electron chi connectivity index (χ2n) is 3.19. The topological polar surface area (TPSA) is 72.7 Å². The van der Waals surface area contributed by atoms with Crippen molar-refractivity contribution in [2.24, 2.45) is 0 Å². The van der Waals surface area contributed by atoms with Crippen LogP contribution in [0.25, 0.3) is 0 Å². The molecule has 0 saturated heterocycles. The van der Waals surface area contributed by atoms with Crippen LogP contribution in [0.15, 0.2) is 18.2 Å². The molecule has 4 nitrogen and oxygen atoms in total. The van der Waals surface area contributed by atoms with Crippen LogP contribution in [0.2, 0.25) is 0 Å². The van der Waals surface area contributed by atoms with Gasteiger partial charge in [0, 0.05) is 6.04 Å². The second-order valence-corrected chi connectivity index (χ2v) is 3.19. The number of phenols is 2. The Labute approximate surface area is 99.3 Å². The summed E-state index contributed by atoms with van der Waals surface area (Å²) in [4.78, 5) is 0. The first kappa shape index (κ1) is 14.2. The number of aliphatic hydroxyl groups is 1. The maximum atomic E-state index is 9.45. The summed E-state index contributed by atoms with van der Waals surface area (Å²) in [6, 6.07) is 4.25. The molecule has 0 aromatic heterocycles. The third-order valence-electron chi connectivity index (χ3n) is 2.16. The van der Waals surface area contributed by atoms with Crippen molar-refractivity contribution in [3.05, 3.63) is 23.8 Å². The molecular formula is C10H16BrNO3. The molecule has 0 spiro atoms. The van der Waals surface area contributed by atoms with Gasteiger partial charge in [0.05, 0.1) is 6.61 Å². The van der Waals surface area contributed by atoms with Crippen LogP contribution in [0.3, 0.4) is 0 Å². The minimum atomic E-state index is -0.109. The van der Waals surface area contributed by atoms with E-state index in [1.807, 2.05) is 0 Å². The fraction of sp³-hybridized carbons (Fsp3) is 0.400. The molecule has 0 saturated carbocycles. The van der Waals surface area contributed by atoms with Crippen LogP contribution < -0.4 is 5.32 Å². The van der Waals surface area contributed by atoms with Crippen molar-refractivity contribution in [1.82, 2.24) is 5.32 Å². The molecule has 86 valence electrons. The zero-order valence-electron chi connectivity index (χ0n) is 8.47. The number of rotatable bonds is 4. The van der Waals surface area contributed by atoms with E-state index < -0.39 is 0 Å². The molecule has 0 heterocycles. The predicted octanol–water partition coefficient (Wildman–Crippen LogP) is 0.798. The molecule has 0 amide bonds. The van der Waals surface area contributed by atoms with Gasteiger partial charge in [0.2, 0.25) is 0 Å². The number of phenolic OH excluding ortho intramolecular Hbond substituents is 2. The predicted molar refractivity (Wildman–Crippen MR) is 63.7 cm³/mol. The summed E-state index contributed by atoms with van der Waals surface area (Å²) in [5.74, 6) is 0.252. The molecule has 1 atom stereocenters. The zero-order valence-corrected chi connectivity index (χ0v) is 10.2. The fourth-order valence-electron chi connectivity index (χ4n) is 1.26. The maximum Gasteiger partial charge on any atom is 0.119 e. The standard InChI is InChI=1S/C10H15NO3.BrH/c1-11-8(6-12)4-7-5-9(13)2-3-10(7)14;/h2-3,5,8,11-14H,4,6H2,1H3;1H. The van der Waals surface area contributed by atoms with Crippen molar-refractivity contribution in [1.29, 1.82) is 0 Å². The highest BCUT2D eigenvalue weighted by molar-refractivity contribution is 8.93.